The molecule has 5 heteroatoms. The average molecular weight is 284 g/mol. The van der Waals surface area contributed by atoms with Gasteiger partial charge in [-0.15, -0.1) is 0 Å². The van der Waals surface area contributed by atoms with Crippen molar-refractivity contribution >= 4 is 11.9 Å². The summed E-state index contributed by atoms with van der Waals surface area (Å²) in [5.41, 5.74) is 1.34. The lowest BCUT2D eigenvalue weighted by Gasteiger charge is -2.18. The van der Waals surface area contributed by atoms with Crippen LogP contribution in [0.2, 0.25) is 0 Å². The number of hydrogen-bond acceptors (Lipinski definition) is 4. The Hall–Kier alpha value is -2.56. The van der Waals surface area contributed by atoms with E-state index in [4.69, 9.17) is 9.47 Å². The van der Waals surface area contributed by atoms with Gasteiger partial charge in [0.1, 0.15) is 13.2 Å². The minimum Gasteiger partial charge on any atom is -0.486 e. The third-order valence-electron chi connectivity index (χ3n) is 3.22. The van der Waals surface area contributed by atoms with Crippen LogP contribution in [0.25, 0.3) is 6.08 Å². The fourth-order valence-electron chi connectivity index (χ4n) is 2.10. The van der Waals surface area contributed by atoms with Crippen molar-refractivity contribution in [2.75, 3.05) is 13.2 Å². The van der Waals surface area contributed by atoms with E-state index in [2.05, 4.69) is 5.10 Å². The normalized spacial score (nSPS) is 13.6. The van der Waals surface area contributed by atoms with Gasteiger partial charge in [0.05, 0.1) is 5.69 Å². The van der Waals surface area contributed by atoms with Crippen LogP contribution in [0.3, 0.4) is 0 Å². The lowest BCUT2D eigenvalue weighted by atomic mass is 10.1. The van der Waals surface area contributed by atoms with Crippen LogP contribution < -0.4 is 9.47 Å². The third kappa shape index (κ3) is 2.97. The summed E-state index contributed by atoms with van der Waals surface area (Å²) in [6.45, 7) is 3.87. The highest BCUT2D eigenvalue weighted by atomic mass is 16.6. The quantitative estimate of drug-likeness (QED) is 0.639. The average Bonchev–Trinajstić information content (AvgIpc) is 3.00. The molecule has 1 aliphatic rings. The summed E-state index contributed by atoms with van der Waals surface area (Å²) in [4.78, 5) is 12.2. The zero-order chi connectivity index (χ0) is 14.7. The molecule has 0 aliphatic carbocycles. The minimum absolute atomic E-state index is 0.0852. The monoisotopic (exact) mass is 284 g/mol. The van der Waals surface area contributed by atoms with Crippen LogP contribution >= 0.6 is 0 Å². The van der Waals surface area contributed by atoms with Gasteiger partial charge in [-0.05, 0) is 43.3 Å². The molecular formula is C16H16N2O3. The lowest BCUT2D eigenvalue weighted by Crippen LogP contribution is -2.15. The molecule has 0 fully saturated rings. The first kappa shape index (κ1) is 13.4. The summed E-state index contributed by atoms with van der Waals surface area (Å²) < 4.78 is 12.7. The van der Waals surface area contributed by atoms with Gasteiger partial charge in [-0.2, -0.15) is 5.10 Å². The Balaban J connectivity index is 1.75. The maximum absolute atomic E-state index is 12.2. The number of fused-ring (bicyclic) bond motifs is 1. The number of aromatic nitrogens is 2. The van der Waals surface area contributed by atoms with Crippen LogP contribution in [0, 0.1) is 0 Å². The topological polar surface area (TPSA) is 53.4 Å². The van der Waals surface area contributed by atoms with E-state index in [1.165, 1.54) is 6.08 Å². The number of allylic oxidation sites excluding steroid dienone is 1. The Morgan fingerprint density at radius 2 is 2.10 bits per heavy atom. The van der Waals surface area contributed by atoms with Crippen molar-refractivity contribution in [2.24, 2.45) is 0 Å². The fraction of sp³-hybridized carbons (Fsp3) is 0.250. The number of carbonyl (C=O) groups excluding carboxylic acids is 1. The van der Waals surface area contributed by atoms with Crippen molar-refractivity contribution in [1.82, 2.24) is 9.78 Å². The van der Waals surface area contributed by atoms with E-state index in [-0.39, 0.29) is 5.78 Å². The first-order valence-corrected chi connectivity index (χ1v) is 6.92. The second kappa shape index (κ2) is 5.83. The number of hydrogen-bond donors (Lipinski definition) is 0. The predicted molar refractivity (Wildman–Crippen MR) is 78.7 cm³/mol. The largest absolute Gasteiger partial charge is 0.486 e. The smallest absolute Gasteiger partial charge is 0.186 e. The standard InChI is InChI=1S/C16H16N2O3/c1-2-18-8-7-13(17-18)4-5-14(19)12-3-6-15-16(11-12)21-10-9-20-15/h3-8,11H,2,9-10H2,1H3/b5-4+. The third-order valence-corrected chi connectivity index (χ3v) is 3.22. The molecule has 0 spiro atoms. The molecule has 0 unspecified atom stereocenters. The molecule has 3 rings (SSSR count). The lowest BCUT2D eigenvalue weighted by molar-refractivity contribution is 0.104. The second-order valence-corrected chi connectivity index (χ2v) is 4.65. The minimum atomic E-state index is -0.0852. The number of rotatable bonds is 4. The molecule has 1 aliphatic heterocycles. The van der Waals surface area contributed by atoms with E-state index in [1.807, 2.05) is 23.9 Å². The summed E-state index contributed by atoms with van der Waals surface area (Å²) in [5, 5.41) is 4.30. The highest BCUT2D eigenvalue weighted by Gasteiger charge is 2.13. The van der Waals surface area contributed by atoms with E-state index >= 15 is 0 Å². The molecule has 21 heavy (non-hydrogen) atoms. The molecule has 0 bridgehead atoms. The number of ketones is 1. The van der Waals surface area contributed by atoms with Crippen molar-refractivity contribution in [3.05, 3.63) is 47.8 Å². The maximum atomic E-state index is 12.2. The molecule has 0 radical (unpaired) electrons. The Morgan fingerprint density at radius 3 is 2.86 bits per heavy atom. The van der Waals surface area contributed by atoms with E-state index < -0.39 is 0 Å². The maximum Gasteiger partial charge on any atom is 0.186 e. The SMILES string of the molecule is CCn1ccc(/C=C/C(=O)c2ccc3c(c2)OCCO3)n1. The number of carbonyl (C=O) groups is 1. The molecule has 0 amide bonds. The Morgan fingerprint density at radius 1 is 1.29 bits per heavy atom. The molecule has 1 aromatic carbocycles. The number of nitrogens with zero attached hydrogens (tertiary/aromatic N) is 2. The van der Waals surface area contributed by atoms with Gasteiger partial charge in [0, 0.05) is 18.3 Å². The molecule has 0 N–H and O–H groups in total. The molecule has 1 aromatic heterocycles. The molecule has 2 aromatic rings. The first-order chi connectivity index (χ1) is 10.3. The van der Waals surface area contributed by atoms with E-state index in [1.54, 1.807) is 24.3 Å². The van der Waals surface area contributed by atoms with Crippen LogP contribution in [0.4, 0.5) is 0 Å². The molecular weight excluding hydrogens is 268 g/mol. The Kier molecular flexibility index (Phi) is 3.73. The second-order valence-electron chi connectivity index (χ2n) is 4.65. The molecule has 0 saturated heterocycles. The van der Waals surface area contributed by atoms with Gasteiger partial charge in [-0.25, -0.2) is 0 Å². The first-order valence-electron chi connectivity index (χ1n) is 6.92. The van der Waals surface area contributed by atoms with Gasteiger partial charge in [0.25, 0.3) is 0 Å². The molecule has 5 nitrogen and oxygen atoms in total. The van der Waals surface area contributed by atoms with Gasteiger partial charge >= 0.3 is 0 Å². The van der Waals surface area contributed by atoms with Crippen LogP contribution in [0.5, 0.6) is 11.5 Å². The number of ether oxygens (including phenoxy) is 2. The molecule has 108 valence electrons. The van der Waals surface area contributed by atoms with Crippen LogP contribution in [0.15, 0.2) is 36.5 Å². The van der Waals surface area contributed by atoms with E-state index in [9.17, 15) is 4.79 Å². The van der Waals surface area contributed by atoms with Gasteiger partial charge in [-0.3, -0.25) is 9.48 Å². The summed E-state index contributed by atoms with van der Waals surface area (Å²) in [6, 6.07) is 7.09. The van der Waals surface area contributed by atoms with Crippen LogP contribution in [0.1, 0.15) is 23.0 Å². The van der Waals surface area contributed by atoms with Gasteiger partial charge in [-0.1, -0.05) is 0 Å². The Bertz CT molecular complexity index is 689. The van der Waals surface area contributed by atoms with Crippen molar-refractivity contribution in [3.63, 3.8) is 0 Å². The fourth-order valence-corrected chi connectivity index (χ4v) is 2.10. The molecule has 0 atom stereocenters. The zero-order valence-electron chi connectivity index (χ0n) is 11.8. The highest BCUT2D eigenvalue weighted by Crippen LogP contribution is 2.30. The van der Waals surface area contributed by atoms with E-state index in [0.717, 1.165) is 12.2 Å². The predicted octanol–water partition coefficient (Wildman–Crippen LogP) is 2.57. The number of benzene rings is 1. The van der Waals surface area contributed by atoms with Crippen molar-refractivity contribution in [3.8, 4) is 11.5 Å². The Labute approximate surface area is 122 Å². The molecule has 2 heterocycles. The van der Waals surface area contributed by atoms with Gasteiger partial charge in [0.2, 0.25) is 0 Å². The van der Waals surface area contributed by atoms with Gasteiger partial charge in [0.15, 0.2) is 17.3 Å². The summed E-state index contributed by atoms with van der Waals surface area (Å²) in [7, 11) is 0. The van der Waals surface area contributed by atoms with Crippen LogP contribution in [-0.4, -0.2) is 28.8 Å². The zero-order valence-corrected chi connectivity index (χ0v) is 11.8. The summed E-state index contributed by atoms with van der Waals surface area (Å²) >= 11 is 0. The van der Waals surface area contributed by atoms with Gasteiger partial charge < -0.3 is 9.47 Å². The summed E-state index contributed by atoms with van der Waals surface area (Å²) in [5.74, 6) is 1.22. The summed E-state index contributed by atoms with van der Waals surface area (Å²) in [6.07, 6.45) is 5.12. The number of aryl methyl sites for hydroxylation is 1. The molecule has 0 saturated carbocycles. The van der Waals surface area contributed by atoms with Crippen molar-refractivity contribution < 1.29 is 14.3 Å². The van der Waals surface area contributed by atoms with Crippen molar-refractivity contribution in [1.29, 1.82) is 0 Å². The van der Waals surface area contributed by atoms with E-state index in [0.29, 0.717) is 30.3 Å². The van der Waals surface area contributed by atoms with Crippen molar-refractivity contribution in [2.45, 2.75) is 13.5 Å². The highest BCUT2D eigenvalue weighted by molar-refractivity contribution is 6.07. The van der Waals surface area contributed by atoms with Crippen LogP contribution in [-0.2, 0) is 6.54 Å².